The Morgan fingerprint density at radius 2 is 1.77 bits per heavy atom. The number of hydrogen-bond donors (Lipinski definition) is 0. The molecule has 0 spiro atoms. The fraction of sp³-hybridized carbons (Fsp3) is 0.235. The molecule has 0 aliphatic heterocycles. The Labute approximate surface area is 139 Å². The van der Waals surface area contributed by atoms with Gasteiger partial charge in [0.2, 0.25) is 0 Å². The minimum atomic E-state index is -0.478. The average molecular weight is 339 g/mol. The fourth-order valence-corrected chi connectivity index (χ4v) is 2.83. The van der Waals surface area contributed by atoms with E-state index in [1.807, 2.05) is 24.3 Å². The maximum Gasteiger partial charge on any atom is 0.313 e. The highest BCUT2D eigenvalue weighted by Gasteiger charge is 2.23. The van der Waals surface area contributed by atoms with Crippen LogP contribution in [0.15, 0.2) is 42.5 Å². The van der Waals surface area contributed by atoms with E-state index in [2.05, 4.69) is 0 Å². The summed E-state index contributed by atoms with van der Waals surface area (Å²) < 4.78 is 10.1. The van der Waals surface area contributed by atoms with Crippen molar-refractivity contribution in [3.63, 3.8) is 0 Å². The molecule has 0 saturated carbocycles. The third-order valence-corrected chi connectivity index (χ3v) is 3.78. The predicted octanol–water partition coefficient (Wildman–Crippen LogP) is 4.50. The van der Waals surface area contributed by atoms with Gasteiger partial charge in [-0.2, -0.15) is 0 Å². The number of hydrogen-bond acceptors (Lipinski definition) is 3. The second-order valence-corrected chi connectivity index (χ2v) is 5.71. The molecule has 1 unspecified atom stereocenters. The normalized spacial score (nSPS) is 11.8. The minimum Gasteiger partial charge on any atom is -0.497 e. The lowest BCUT2D eigenvalue weighted by Crippen LogP contribution is -2.17. The first kappa shape index (κ1) is 16.7. The topological polar surface area (TPSA) is 35.5 Å². The number of carbonyl (C=O) groups is 1. The Hall–Kier alpha value is -1.71. The lowest BCUT2D eigenvalue weighted by molar-refractivity contribution is -0.142. The third-order valence-electron chi connectivity index (χ3n) is 3.35. The summed E-state index contributed by atoms with van der Waals surface area (Å²) in [5.41, 5.74) is 1.69. The molecule has 0 bridgehead atoms. The quantitative estimate of drug-likeness (QED) is 0.753. The molecule has 116 valence electrons. The summed E-state index contributed by atoms with van der Waals surface area (Å²) in [6.07, 6.45) is 0.473. The molecule has 0 N–H and O–H groups in total. The number of carbonyl (C=O) groups excluding carboxylic acids is 1. The molecule has 22 heavy (non-hydrogen) atoms. The molecule has 2 aromatic rings. The molecule has 2 aromatic carbocycles. The maximum absolute atomic E-state index is 12.2. The smallest absolute Gasteiger partial charge is 0.313 e. The molecular weight excluding hydrogens is 323 g/mol. The number of ether oxygens (including phenoxy) is 2. The first-order chi connectivity index (χ1) is 10.5. The molecule has 0 aliphatic carbocycles. The lowest BCUT2D eigenvalue weighted by Gasteiger charge is -2.16. The Bertz CT molecular complexity index is 650. The van der Waals surface area contributed by atoms with E-state index in [-0.39, 0.29) is 5.97 Å². The van der Waals surface area contributed by atoms with Gasteiger partial charge in [-0.3, -0.25) is 4.79 Å². The van der Waals surface area contributed by atoms with Crippen LogP contribution in [0.2, 0.25) is 10.0 Å². The van der Waals surface area contributed by atoms with E-state index in [0.717, 1.165) is 16.9 Å². The zero-order valence-electron chi connectivity index (χ0n) is 12.3. The van der Waals surface area contributed by atoms with Crippen molar-refractivity contribution >= 4 is 29.2 Å². The van der Waals surface area contributed by atoms with E-state index in [0.29, 0.717) is 16.5 Å². The Morgan fingerprint density at radius 1 is 1.09 bits per heavy atom. The zero-order valence-corrected chi connectivity index (χ0v) is 13.8. The van der Waals surface area contributed by atoms with Crippen LogP contribution in [0.3, 0.4) is 0 Å². The molecule has 0 aliphatic rings. The highest BCUT2D eigenvalue weighted by Crippen LogP contribution is 2.29. The van der Waals surface area contributed by atoms with Crippen LogP contribution in [0.5, 0.6) is 5.75 Å². The van der Waals surface area contributed by atoms with Gasteiger partial charge in [-0.15, -0.1) is 0 Å². The first-order valence-corrected chi connectivity index (χ1v) is 7.46. The second kappa shape index (κ2) is 7.52. The minimum absolute atomic E-state index is 0.332. The summed E-state index contributed by atoms with van der Waals surface area (Å²) in [6, 6.07) is 12.7. The van der Waals surface area contributed by atoms with Crippen molar-refractivity contribution in [1.82, 2.24) is 0 Å². The average Bonchev–Trinajstić information content (AvgIpc) is 2.51. The van der Waals surface area contributed by atoms with E-state index >= 15 is 0 Å². The Balaban J connectivity index is 2.35. The van der Waals surface area contributed by atoms with E-state index in [4.69, 9.17) is 32.7 Å². The zero-order chi connectivity index (χ0) is 16.1. The van der Waals surface area contributed by atoms with Crippen LogP contribution in [0.25, 0.3) is 0 Å². The summed E-state index contributed by atoms with van der Waals surface area (Å²) in [7, 11) is 2.97. The van der Waals surface area contributed by atoms with Crippen LogP contribution < -0.4 is 4.74 Å². The number of esters is 1. The summed E-state index contributed by atoms with van der Waals surface area (Å²) in [5.74, 6) is -0.0697. The van der Waals surface area contributed by atoms with Crippen LogP contribution in [-0.4, -0.2) is 20.2 Å². The molecule has 0 radical (unpaired) electrons. The van der Waals surface area contributed by atoms with Crippen LogP contribution in [0.4, 0.5) is 0 Å². The van der Waals surface area contributed by atoms with Crippen molar-refractivity contribution in [3.8, 4) is 5.75 Å². The lowest BCUT2D eigenvalue weighted by atomic mass is 9.92. The molecule has 3 nitrogen and oxygen atoms in total. The van der Waals surface area contributed by atoms with Crippen molar-refractivity contribution in [1.29, 1.82) is 0 Å². The molecule has 2 rings (SSSR count). The van der Waals surface area contributed by atoms with E-state index in [1.165, 1.54) is 7.11 Å². The van der Waals surface area contributed by atoms with E-state index in [9.17, 15) is 4.79 Å². The van der Waals surface area contributed by atoms with Gasteiger partial charge in [0.1, 0.15) is 5.75 Å². The molecule has 0 fully saturated rings. The van der Waals surface area contributed by atoms with Crippen LogP contribution in [0, 0.1) is 0 Å². The van der Waals surface area contributed by atoms with Crippen molar-refractivity contribution in [2.45, 2.75) is 12.3 Å². The fourth-order valence-electron chi connectivity index (χ4n) is 2.29. The van der Waals surface area contributed by atoms with E-state index < -0.39 is 5.92 Å². The highest BCUT2D eigenvalue weighted by molar-refractivity contribution is 6.34. The highest BCUT2D eigenvalue weighted by atomic mass is 35.5. The molecule has 0 saturated heterocycles. The summed E-state index contributed by atoms with van der Waals surface area (Å²) >= 11 is 12.1. The van der Waals surface area contributed by atoms with Crippen molar-refractivity contribution < 1.29 is 14.3 Å². The largest absolute Gasteiger partial charge is 0.497 e. The molecular formula is C17H16Cl2O3. The third kappa shape index (κ3) is 4.15. The molecule has 0 heterocycles. The molecule has 1 atom stereocenters. The SMILES string of the molecule is COC(=O)C(Cc1cccc(OC)c1)c1cc(Cl)cc(Cl)c1. The van der Waals surface area contributed by atoms with Gasteiger partial charge >= 0.3 is 5.97 Å². The number of benzene rings is 2. The monoisotopic (exact) mass is 338 g/mol. The van der Waals surface area contributed by atoms with Crippen LogP contribution >= 0.6 is 23.2 Å². The molecule has 5 heteroatoms. The standard InChI is InChI=1S/C17H16Cl2O3/c1-21-15-5-3-4-11(6-15)7-16(17(20)22-2)12-8-13(18)10-14(19)9-12/h3-6,8-10,16H,7H2,1-2H3. The van der Waals surface area contributed by atoms with Gasteiger partial charge in [0, 0.05) is 10.0 Å². The maximum atomic E-state index is 12.2. The van der Waals surface area contributed by atoms with Gasteiger partial charge in [-0.1, -0.05) is 35.3 Å². The molecule has 0 amide bonds. The van der Waals surface area contributed by atoms with Crippen LogP contribution in [0.1, 0.15) is 17.0 Å². The predicted molar refractivity (Wildman–Crippen MR) is 87.9 cm³/mol. The number of methoxy groups -OCH3 is 2. The van der Waals surface area contributed by atoms with E-state index in [1.54, 1.807) is 25.3 Å². The Kier molecular flexibility index (Phi) is 5.69. The van der Waals surface area contributed by atoms with Crippen molar-refractivity contribution in [2.24, 2.45) is 0 Å². The van der Waals surface area contributed by atoms with Gasteiger partial charge in [0.25, 0.3) is 0 Å². The number of halogens is 2. The summed E-state index contributed by atoms with van der Waals surface area (Å²) in [4.78, 5) is 12.2. The summed E-state index contributed by atoms with van der Waals surface area (Å²) in [6.45, 7) is 0. The number of rotatable bonds is 5. The van der Waals surface area contributed by atoms with Crippen molar-refractivity contribution in [3.05, 3.63) is 63.6 Å². The second-order valence-electron chi connectivity index (χ2n) is 4.83. The Morgan fingerprint density at radius 3 is 2.36 bits per heavy atom. The first-order valence-electron chi connectivity index (χ1n) is 6.70. The van der Waals surface area contributed by atoms with Gasteiger partial charge in [0.05, 0.1) is 20.1 Å². The van der Waals surface area contributed by atoms with Gasteiger partial charge in [0.15, 0.2) is 0 Å². The van der Waals surface area contributed by atoms with Gasteiger partial charge in [-0.25, -0.2) is 0 Å². The van der Waals surface area contributed by atoms with Crippen molar-refractivity contribution in [2.75, 3.05) is 14.2 Å². The summed E-state index contributed by atoms with van der Waals surface area (Å²) in [5, 5.41) is 0.976. The molecule has 0 aromatic heterocycles. The van der Waals surface area contributed by atoms with Gasteiger partial charge < -0.3 is 9.47 Å². The van der Waals surface area contributed by atoms with Crippen LogP contribution in [-0.2, 0) is 16.0 Å². The van der Waals surface area contributed by atoms with Gasteiger partial charge in [-0.05, 0) is 47.9 Å².